The van der Waals surface area contributed by atoms with E-state index in [4.69, 9.17) is 0 Å². The van der Waals surface area contributed by atoms with Crippen LogP contribution in [0.4, 0.5) is 22.7 Å². The van der Waals surface area contributed by atoms with E-state index in [0.717, 1.165) is 51.9 Å². The first-order chi connectivity index (χ1) is 21.6. The number of aliphatic hydroxyl groups is 4. The summed E-state index contributed by atoms with van der Waals surface area (Å²) in [6, 6.07) is 14.0. The van der Waals surface area contributed by atoms with Crippen LogP contribution in [0.1, 0.15) is 78.4 Å². The maximum Gasteiger partial charge on any atom is 0.102 e. The van der Waals surface area contributed by atoms with E-state index in [-0.39, 0.29) is 37.3 Å². The Morgan fingerprint density at radius 1 is 0.478 bits per heavy atom. The zero-order chi connectivity index (χ0) is 34.2. The number of hydrogen-bond acceptors (Lipinski definition) is 6. The Labute approximate surface area is 280 Å². The molecule has 2 aromatic rings. The SMILES string of the molecule is CC(C)(C)c1ccc2c(c1)N(CCCC[N+](C)(CCO)CCO)c1ccc(C(C)(C)C)cc1N2CCCC[N+](C)(CCO)CCO. The minimum absolute atomic E-state index is 0.0254. The molecule has 0 spiro atoms. The lowest BCUT2D eigenvalue weighted by Crippen LogP contribution is -2.48. The number of unbranched alkanes of at least 4 members (excludes halogenated alkanes) is 2. The molecule has 0 amide bonds. The maximum absolute atomic E-state index is 9.64. The third-order valence-electron chi connectivity index (χ3n) is 10.1. The molecule has 0 atom stereocenters. The van der Waals surface area contributed by atoms with Gasteiger partial charge >= 0.3 is 0 Å². The highest BCUT2D eigenvalue weighted by Gasteiger charge is 2.32. The van der Waals surface area contributed by atoms with Crippen molar-refractivity contribution in [3.05, 3.63) is 47.5 Å². The standard InChI is InChI=1S/C38H66N4O4/c1-37(2,3)31-13-15-33-35(29-31)39(17-9-11-19-41(7,21-25-43)22-26-44)34-16-14-32(38(4,5)6)30-36(34)40(33)18-10-12-20-42(8,23-27-45)24-28-46/h13-16,29-30,43-46H,9-12,17-28H2,1-8H3/q+2. The molecule has 4 N–H and O–H groups in total. The number of likely N-dealkylation sites (N-methyl/N-ethyl adjacent to an activating group) is 2. The lowest BCUT2D eigenvalue weighted by molar-refractivity contribution is -0.910. The summed E-state index contributed by atoms with van der Waals surface area (Å²) in [5.41, 5.74) is 7.70. The monoisotopic (exact) mass is 643 g/mol. The van der Waals surface area contributed by atoms with Crippen molar-refractivity contribution in [1.82, 2.24) is 0 Å². The van der Waals surface area contributed by atoms with Gasteiger partial charge in [-0.05, 0) is 71.9 Å². The summed E-state index contributed by atoms with van der Waals surface area (Å²) in [6.45, 7) is 20.5. The molecule has 0 saturated carbocycles. The van der Waals surface area contributed by atoms with Crippen LogP contribution < -0.4 is 9.80 Å². The highest BCUT2D eigenvalue weighted by Crippen LogP contribution is 2.50. The molecule has 0 bridgehead atoms. The molecular formula is C38H66N4O4+2. The largest absolute Gasteiger partial charge is 0.391 e. The third kappa shape index (κ3) is 9.91. The summed E-state index contributed by atoms with van der Waals surface area (Å²) in [7, 11) is 4.27. The van der Waals surface area contributed by atoms with Crippen LogP contribution in [0.2, 0.25) is 0 Å². The summed E-state index contributed by atoms with van der Waals surface area (Å²) in [4.78, 5) is 5.06. The summed E-state index contributed by atoms with van der Waals surface area (Å²) in [5, 5.41) is 38.5. The summed E-state index contributed by atoms with van der Waals surface area (Å²) in [5.74, 6) is 0. The molecule has 8 nitrogen and oxygen atoms in total. The van der Waals surface area contributed by atoms with E-state index >= 15 is 0 Å². The van der Waals surface area contributed by atoms with Crippen molar-refractivity contribution in [2.45, 2.75) is 78.1 Å². The molecule has 46 heavy (non-hydrogen) atoms. The molecule has 0 unspecified atom stereocenters. The Balaban J connectivity index is 1.98. The average Bonchev–Trinajstić information content (AvgIpc) is 2.97. The minimum Gasteiger partial charge on any atom is -0.391 e. The highest BCUT2D eigenvalue weighted by atomic mass is 16.3. The Hall–Kier alpha value is -2.20. The van der Waals surface area contributed by atoms with Gasteiger partial charge in [-0.25, -0.2) is 0 Å². The second kappa shape index (κ2) is 16.3. The fraction of sp³-hybridized carbons (Fsp3) is 0.684. The van der Waals surface area contributed by atoms with Gasteiger partial charge in [0.05, 0.1) is 76.4 Å². The van der Waals surface area contributed by atoms with Crippen molar-refractivity contribution in [3.63, 3.8) is 0 Å². The minimum atomic E-state index is 0.0254. The Kier molecular flexibility index (Phi) is 13.5. The number of nitrogens with zero attached hydrogens (tertiary/aromatic N) is 4. The van der Waals surface area contributed by atoms with Gasteiger partial charge in [0.1, 0.15) is 26.2 Å². The number of rotatable bonds is 18. The van der Waals surface area contributed by atoms with Crippen molar-refractivity contribution < 1.29 is 29.4 Å². The number of benzene rings is 2. The first kappa shape index (κ1) is 38.2. The normalized spacial score (nSPS) is 14.1. The molecule has 260 valence electrons. The Morgan fingerprint density at radius 2 is 0.804 bits per heavy atom. The van der Waals surface area contributed by atoms with Crippen LogP contribution in [-0.4, -0.2) is 122 Å². The van der Waals surface area contributed by atoms with E-state index in [1.807, 2.05) is 0 Å². The van der Waals surface area contributed by atoms with Gasteiger partial charge in [0, 0.05) is 13.1 Å². The fourth-order valence-corrected chi connectivity index (χ4v) is 6.77. The van der Waals surface area contributed by atoms with Crippen molar-refractivity contribution in [1.29, 1.82) is 0 Å². The van der Waals surface area contributed by atoms with Crippen molar-refractivity contribution in [2.24, 2.45) is 0 Å². The topological polar surface area (TPSA) is 87.4 Å². The van der Waals surface area contributed by atoms with Gasteiger partial charge in [0.25, 0.3) is 0 Å². The number of anilines is 4. The number of hydrogen-bond donors (Lipinski definition) is 4. The zero-order valence-electron chi connectivity index (χ0n) is 30.4. The maximum atomic E-state index is 9.64. The first-order valence-electron chi connectivity index (χ1n) is 17.6. The van der Waals surface area contributed by atoms with E-state index in [9.17, 15) is 20.4 Å². The number of quaternary nitrogens is 2. The van der Waals surface area contributed by atoms with Crippen LogP contribution in [0, 0.1) is 0 Å². The predicted molar refractivity (Wildman–Crippen MR) is 193 cm³/mol. The van der Waals surface area contributed by atoms with Crippen LogP contribution >= 0.6 is 0 Å². The zero-order valence-corrected chi connectivity index (χ0v) is 30.4. The second-order valence-electron chi connectivity index (χ2n) is 16.1. The van der Waals surface area contributed by atoms with Crippen molar-refractivity contribution in [3.8, 4) is 0 Å². The molecule has 0 fully saturated rings. The number of aliphatic hydroxyl groups excluding tert-OH is 4. The van der Waals surface area contributed by atoms with E-state index in [0.29, 0.717) is 35.1 Å². The van der Waals surface area contributed by atoms with Gasteiger partial charge in [-0.15, -0.1) is 0 Å². The van der Waals surface area contributed by atoms with Crippen LogP contribution in [-0.2, 0) is 10.8 Å². The van der Waals surface area contributed by atoms with Crippen molar-refractivity contribution in [2.75, 3.05) is 103 Å². The lowest BCUT2D eigenvalue weighted by atomic mass is 9.85. The van der Waals surface area contributed by atoms with Gasteiger partial charge in [-0.3, -0.25) is 0 Å². The Bertz CT molecular complexity index is 1130. The molecule has 0 aliphatic carbocycles. The van der Waals surface area contributed by atoms with Crippen LogP contribution in [0.5, 0.6) is 0 Å². The van der Waals surface area contributed by atoms with Gasteiger partial charge in [-0.1, -0.05) is 53.7 Å². The Morgan fingerprint density at radius 3 is 1.09 bits per heavy atom. The smallest absolute Gasteiger partial charge is 0.102 e. The quantitative estimate of drug-likeness (QED) is 0.131. The van der Waals surface area contributed by atoms with Crippen LogP contribution in [0.25, 0.3) is 0 Å². The van der Waals surface area contributed by atoms with E-state index in [2.05, 4.69) is 102 Å². The van der Waals surface area contributed by atoms with Gasteiger partial charge in [0.2, 0.25) is 0 Å². The molecule has 1 aliphatic rings. The lowest BCUT2D eigenvalue weighted by Gasteiger charge is -2.42. The molecule has 1 aliphatic heterocycles. The summed E-state index contributed by atoms with van der Waals surface area (Å²) < 4.78 is 1.37. The molecule has 0 aromatic heterocycles. The third-order valence-corrected chi connectivity index (χ3v) is 10.1. The second-order valence-corrected chi connectivity index (χ2v) is 16.1. The predicted octanol–water partition coefficient (Wildman–Crippen LogP) is 5.29. The van der Waals surface area contributed by atoms with E-state index < -0.39 is 0 Å². The average molecular weight is 643 g/mol. The number of fused-ring (bicyclic) bond motifs is 2. The van der Waals surface area contributed by atoms with E-state index in [1.165, 1.54) is 33.9 Å². The van der Waals surface area contributed by atoms with Crippen LogP contribution in [0.3, 0.4) is 0 Å². The highest BCUT2D eigenvalue weighted by molar-refractivity contribution is 5.94. The van der Waals surface area contributed by atoms with Gasteiger partial charge in [-0.2, -0.15) is 0 Å². The van der Waals surface area contributed by atoms with Gasteiger partial charge in [0.15, 0.2) is 0 Å². The summed E-state index contributed by atoms with van der Waals surface area (Å²) >= 11 is 0. The molecule has 0 saturated heterocycles. The molecule has 2 aromatic carbocycles. The molecule has 8 heteroatoms. The molecule has 3 rings (SSSR count). The molecule has 0 radical (unpaired) electrons. The van der Waals surface area contributed by atoms with Crippen LogP contribution in [0.15, 0.2) is 36.4 Å². The van der Waals surface area contributed by atoms with Gasteiger partial charge < -0.3 is 39.2 Å². The molecular weight excluding hydrogens is 576 g/mol. The summed E-state index contributed by atoms with van der Waals surface area (Å²) in [6.07, 6.45) is 4.05. The first-order valence-corrected chi connectivity index (χ1v) is 17.6. The van der Waals surface area contributed by atoms with Crippen molar-refractivity contribution >= 4 is 22.7 Å². The fourth-order valence-electron chi connectivity index (χ4n) is 6.77. The molecule has 1 heterocycles. The van der Waals surface area contributed by atoms with E-state index in [1.54, 1.807) is 0 Å².